The molecule has 0 spiro atoms. The van der Waals surface area contributed by atoms with Gasteiger partial charge in [-0.05, 0) is 43.1 Å². The highest BCUT2D eigenvalue weighted by Gasteiger charge is 2.51. The molecule has 3 aliphatic rings. The van der Waals surface area contributed by atoms with Crippen molar-refractivity contribution in [3.8, 4) is 0 Å². The summed E-state index contributed by atoms with van der Waals surface area (Å²) in [6, 6.07) is 7.33. The van der Waals surface area contributed by atoms with Crippen molar-refractivity contribution in [2.75, 3.05) is 18.6 Å². The number of allylic oxidation sites excluding steroid dienone is 1. The number of amides is 2. The van der Waals surface area contributed by atoms with Crippen LogP contribution in [-0.4, -0.2) is 60.7 Å². The molecule has 40 heavy (non-hydrogen) atoms. The van der Waals surface area contributed by atoms with Crippen molar-refractivity contribution in [3.63, 3.8) is 0 Å². The summed E-state index contributed by atoms with van der Waals surface area (Å²) in [6.07, 6.45) is 5.76. The molecule has 0 radical (unpaired) electrons. The molecule has 1 saturated heterocycles. The molecule has 9 nitrogen and oxygen atoms in total. The van der Waals surface area contributed by atoms with Gasteiger partial charge >= 0.3 is 18.0 Å². The van der Waals surface area contributed by atoms with Crippen LogP contribution in [0.5, 0.6) is 0 Å². The molecule has 1 aliphatic heterocycles. The summed E-state index contributed by atoms with van der Waals surface area (Å²) in [5.74, 6) is -0.508. The summed E-state index contributed by atoms with van der Waals surface area (Å²) in [6.45, 7) is 6.12. The van der Waals surface area contributed by atoms with E-state index in [1.54, 1.807) is 0 Å². The van der Waals surface area contributed by atoms with E-state index in [1.165, 1.54) is 44.2 Å². The van der Waals surface area contributed by atoms with Gasteiger partial charge in [-0.2, -0.15) is 11.8 Å². The number of rotatable bonds is 10. The number of hydrogen-bond donors (Lipinski definition) is 2. The first-order valence-corrected chi connectivity index (χ1v) is 15.1. The van der Waals surface area contributed by atoms with Gasteiger partial charge in [0.1, 0.15) is 24.8 Å². The molecule has 0 bridgehead atoms. The molecule has 2 aliphatic carbocycles. The number of fused-ring (bicyclic) bond motifs is 2. The monoisotopic (exact) mass is 572 g/mol. The molecule has 2 amide bonds. The Morgan fingerprint density at radius 3 is 2.67 bits per heavy atom. The Bertz CT molecular complexity index is 1130. The highest BCUT2D eigenvalue weighted by atomic mass is 32.2. The van der Waals surface area contributed by atoms with E-state index in [4.69, 9.17) is 14.2 Å². The Kier molecular flexibility index (Phi) is 9.81. The Balaban J connectivity index is 1.39. The predicted octanol–water partition coefficient (Wildman–Crippen LogP) is 4.01. The van der Waals surface area contributed by atoms with Crippen LogP contribution in [0.15, 0.2) is 42.0 Å². The maximum Gasteiger partial charge on any atom is 0.408 e. The van der Waals surface area contributed by atoms with Crippen molar-refractivity contribution >= 4 is 35.7 Å². The van der Waals surface area contributed by atoms with Crippen LogP contribution in [0.3, 0.4) is 0 Å². The van der Waals surface area contributed by atoms with Crippen molar-refractivity contribution in [2.24, 2.45) is 23.2 Å². The molecule has 10 heteroatoms. The number of hydrogen-bond acceptors (Lipinski definition) is 8. The summed E-state index contributed by atoms with van der Waals surface area (Å²) in [7, 11) is 1.24. The molecule has 1 aromatic carbocycles. The number of ether oxygens (including phenoxy) is 3. The summed E-state index contributed by atoms with van der Waals surface area (Å²) in [5.41, 5.74) is 2.35. The van der Waals surface area contributed by atoms with E-state index in [2.05, 4.69) is 30.6 Å². The number of thioether (sulfide) groups is 1. The fourth-order valence-corrected chi connectivity index (χ4v) is 7.41. The Labute approximate surface area is 240 Å². The fraction of sp³-hybridized carbons (Fsp3) is 0.600. The van der Waals surface area contributed by atoms with E-state index in [-0.39, 0.29) is 41.7 Å². The van der Waals surface area contributed by atoms with E-state index in [9.17, 15) is 19.2 Å². The van der Waals surface area contributed by atoms with Gasteiger partial charge in [0.05, 0.1) is 13.0 Å². The third-order valence-electron chi connectivity index (χ3n) is 8.40. The number of esters is 2. The predicted molar refractivity (Wildman–Crippen MR) is 151 cm³/mol. The second-order valence-corrected chi connectivity index (χ2v) is 12.5. The topological polar surface area (TPSA) is 120 Å². The van der Waals surface area contributed by atoms with Gasteiger partial charge in [-0.15, -0.1) is 0 Å². The van der Waals surface area contributed by atoms with Gasteiger partial charge in [0, 0.05) is 17.4 Å². The molecule has 1 heterocycles. The van der Waals surface area contributed by atoms with Crippen LogP contribution in [0.2, 0.25) is 0 Å². The van der Waals surface area contributed by atoms with Crippen molar-refractivity contribution in [3.05, 3.63) is 47.5 Å². The van der Waals surface area contributed by atoms with Crippen LogP contribution in [0.25, 0.3) is 0 Å². The molecule has 4 rings (SSSR count). The van der Waals surface area contributed by atoms with Crippen molar-refractivity contribution < 1.29 is 33.4 Å². The minimum atomic E-state index is -0.986. The second kappa shape index (κ2) is 13.1. The maximum atomic E-state index is 13.0. The zero-order valence-corrected chi connectivity index (χ0v) is 24.5. The first-order valence-electron chi connectivity index (χ1n) is 14.0. The van der Waals surface area contributed by atoms with Crippen LogP contribution in [0.4, 0.5) is 4.79 Å². The average Bonchev–Trinajstić information content (AvgIpc) is 3.23. The van der Waals surface area contributed by atoms with Crippen LogP contribution < -0.4 is 10.6 Å². The molecular weight excluding hydrogens is 532 g/mol. The Morgan fingerprint density at radius 2 is 1.95 bits per heavy atom. The van der Waals surface area contributed by atoms with Gasteiger partial charge in [0.25, 0.3) is 0 Å². The molecule has 0 unspecified atom stereocenters. The highest BCUT2D eigenvalue weighted by molar-refractivity contribution is 7.99. The SMILES string of the molecule is COC(=O)[C@H](C)NC(=O)[C@H](CSC[C@@H]1C(=O)O[C@@H]2C[C@@]3(C)CCC[C@H](C)C3=C[C@H]12)NC(=O)OCc1ccccc1. The molecule has 2 fully saturated rings. The van der Waals surface area contributed by atoms with E-state index < -0.39 is 30.1 Å². The van der Waals surface area contributed by atoms with Gasteiger partial charge < -0.3 is 24.8 Å². The highest BCUT2D eigenvalue weighted by Crippen LogP contribution is 2.54. The van der Waals surface area contributed by atoms with E-state index >= 15 is 0 Å². The van der Waals surface area contributed by atoms with Gasteiger partial charge in [-0.1, -0.05) is 62.2 Å². The molecule has 2 N–H and O–H groups in total. The van der Waals surface area contributed by atoms with Gasteiger partial charge in [0.15, 0.2) is 0 Å². The minimum Gasteiger partial charge on any atom is -0.467 e. The van der Waals surface area contributed by atoms with Gasteiger partial charge in [0.2, 0.25) is 5.91 Å². The smallest absolute Gasteiger partial charge is 0.408 e. The number of benzene rings is 1. The number of carbonyl (C=O) groups excluding carboxylic acids is 4. The fourth-order valence-electron chi connectivity index (χ4n) is 6.19. The quantitative estimate of drug-likeness (QED) is 0.245. The van der Waals surface area contributed by atoms with E-state index in [0.717, 1.165) is 18.4 Å². The minimum absolute atomic E-state index is 0.0130. The number of nitrogens with one attached hydrogen (secondary N) is 2. The van der Waals surface area contributed by atoms with Gasteiger partial charge in [-0.3, -0.25) is 9.59 Å². The lowest BCUT2D eigenvalue weighted by atomic mass is 9.59. The van der Waals surface area contributed by atoms with Crippen molar-refractivity contribution in [1.29, 1.82) is 0 Å². The van der Waals surface area contributed by atoms with Crippen LogP contribution in [-0.2, 0) is 35.2 Å². The maximum absolute atomic E-state index is 13.0. The third kappa shape index (κ3) is 7.00. The van der Waals surface area contributed by atoms with E-state index in [1.807, 2.05) is 30.3 Å². The largest absolute Gasteiger partial charge is 0.467 e. The standard InChI is InChI=1S/C30H40N2O7S/c1-18-9-8-12-30(3)14-25-21(13-23(18)30)22(28(35)39-25)16-40-17-24(26(33)31-19(2)27(34)37-4)32-29(36)38-15-20-10-6-5-7-11-20/h5-7,10-11,13,18-19,21-22,24-25H,8-9,12,14-17H2,1-4H3,(H,31,33)(H,32,36)/t18-,19-,21+,22-,24-,25+,30+/m0/s1. The summed E-state index contributed by atoms with van der Waals surface area (Å²) < 4.78 is 15.8. The average molecular weight is 573 g/mol. The summed E-state index contributed by atoms with van der Waals surface area (Å²) in [5, 5.41) is 5.20. The van der Waals surface area contributed by atoms with Crippen LogP contribution >= 0.6 is 11.8 Å². The number of carbonyl (C=O) groups is 4. The normalized spacial score (nSPS) is 28.6. The molecule has 7 atom stereocenters. The van der Waals surface area contributed by atoms with Gasteiger partial charge in [-0.25, -0.2) is 9.59 Å². The summed E-state index contributed by atoms with van der Waals surface area (Å²) in [4.78, 5) is 50.3. The summed E-state index contributed by atoms with van der Waals surface area (Å²) >= 11 is 1.40. The van der Waals surface area contributed by atoms with Crippen molar-refractivity contribution in [2.45, 2.75) is 71.2 Å². The molecule has 1 saturated carbocycles. The number of methoxy groups -OCH3 is 1. The lowest BCUT2D eigenvalue weighted by Gasteiger charge is -2.46. The lowest BCUT2D eigenvalue weighted by molar-refractivity contribution is -0.145. The van der Waals surface area contributed by atoms with Crippen LogP contribution in [0, 0.1) is 23.2 Å². The second-order valence-electron chi connectivity index (χ2n) is 11.4. The first-order chi connectivity index (χ1) is 19.1. The molecule has 1 aromatic rings. The zero-order valence-electron chi connectivity index (χ0n) is 23.6. The third-order valence-corrected chi connectivity index (χ3v) is 9.56. The zero-order chi connectivity index (χ0) is 28.9. The lowest BCUT2D eigenvalue weighted by Crippen LogP contribution is -2.52. The molecule has 218 valence electrons. The van der Waals surface area contributed by atoms with E-state index in [0.29, 0.717) is 11.7 Å². The molecule has 0 aromatic heterocycles. The Hall–Kier alpha value is -3.01. The molecular formula is C30H40N2O7S. The van der Waals surface area contributed by atoms with Crippen LogP contribution in [0.1, 0.15) is 52.0 Å². The van der Waals surface area contributed by atoms with Crippen molar-refractivity contribution in [1.82, 2.24) is 10.6 Å². The number of alkyl carbamates (subject to hydrolysis) is 1. The Morgan fingerprint density at radius 1 is 1.20 bits per heavy atom. The first kappa shape index (κ1) is 30.0.